The molecule has 0 amide bonds. The van der Waals surface area contributed by atoms with E-state index in [9.17, 15) is 13.2 Å². The minimum absolute atomic E-state index is 0.156. The van der Waals surface area contributed by atoms with Crippen LogP contribution in [0.4, 0.5) is 0 Å². The molecule has 0 spiro atoms. The van der Waals surface area contributed by atoms with Gasteiger partial charge in [-0.2, -0.15) is 8.42 Å². The first kappa shape index (κ1) is 13.4. The average Bonchev–Trinajstić information content (AvgIpc) is 2.25. The summed E-state index contributed by atoms with van der Waals surface area (Å²) in [5.74, 6) is 1.64. The maximum absolute atomic E-state index is 12.2. The van der Waals surface area contributed by atoms with E-state index < -0.39 is 21.5 Å². The first-order valence-electron chi connectivity index (χ1n) is 7.01. The zero-order valence-electron chi connectivity index (χ0n) is 11.0. The Balaban J connectivity index is 1.71. The summed E-state index contributed by atoms with van der Waals surface area (Å²) in [5.41, 5.74) is -1.46. The van der Waals surface area contributed by atoms with Gasteiger partial charge in [-0.25, -0.2) is 0 Å². The molecule has 0 heterocycles. The monoisotopic (exact) mass is 288 g/mol. The Morgan fingerprint density at radius 3 is 2.00 bits per heavy atom. The van der Waals surface area contributed by atoms with Crippen LogP contribution in [0.3, 0.4) is 0 Å². The normalized spacial score (nSPS) is 42.1. The molecule has 4 fully saturated rings. The van der Waals surface area contributed by atoms with Crippen molar-refractivity contribution in [2.45, 2.75) is 44.5 Å². The van der Waals surface area contributed by atoms with Crippen LogP contribution in [0.1, 0.15) is 39.0 Å². The number of ether oxygens (including phenoxy) is 1. The highest BCUT2D eigenvalue weighted by Crippen LogP contribution is 2.56. The summed E-state index contributed by atoms with van der Waals surface area (Å²) in [6, 6.07) is 0. The Morgan fingerprint density at radius 2 is 1.58 bits per heavy atom. The molecule has 4 rings (SSSR count). The van der Waals surface area contributed by atoms with Gasteiger partial charge in [-0.05, 0) is 62.7 Å². The topological polar surface area (TPSA) is 80.7 Å². The smallest absolute Gasteiger partial charge is 0.310 e. The van der Waals surface area contributed by atoms with E-state index in [1.54, 1.807) is 0 Å². The van der Waals surface area contributed by atoms with Crippen LogP contribution in [0.25, 0.3) is 0 Å². The lowest BCUT2D eigenvalue weighted by Gasteiger charge is -2.53. The van der Waals surface area contributed by atoms with Gasteiger partial charge in [-0.3, -0.25) is 9.35 Å². The van der Waals surface area contributed by atoms with Gasteiger partial charge in [0.05, 0.1) is 5.92 Å². The summed E-state index contributed by atoms with van der Waals surface area (Å²) in [4.78, 5) is 12.2. The van der Waals surface area contributed by atoms with Gasteiger partial charge in [-0.15, -0.1) is 0 Å². The highest BCUT2D eigenvalue weighted by atomic mass is 32.2. The molecule has 4 bridgehead atoms. The van der Waals surface area contributed by atoms with Gasteiger partial charge in [0.25, 0.3) is 0 Å². The Labute approximate surface area is 113 Å². The Bertz CT molecular complexity index is 455. The maximum atomic E-state index is 12.2. The van der Waals surface area contributed by atoms with E-state index in [4.69, 9.17) is 9.29 Å². The van der Waals surface area contributed by atoms with E-state index in [1.807, 2.05) is 0 Å². The third-order valence-corrected chi connectivity index (χ3v) is 6.14. The third kappa shape index (κ3) is 2.40. The summed E-state index contributed by atoms with van der Waals surface area (Å²) in [6.45, 7) is 1.20. The molecule has 0 aromatic rings. The summed E-state index contributed by atoms with van der Waals surface area (Å²) in [7, 11) is -4.31. The SMILES string of the molecule is CC(OC(=O)C1C2CC3CC(C2)CC1C3)S(=O)(=O)O. The molecule has 0 aliphatic heterocycles. The molecule has 4 saturated carbocycles. The van der Waals surface area contributed by atoms with Gasteiger partial charge < -0.3 is 4.74 Å². The molecule has 1 atom stereocenters. The van der Waals surface area contributed by atoms with E-state index in [1.165, 1.54) is 13.3 Å². The van der Waals surface area contributed by atoms with Crippen molar-refractivity contribution in [1.82, 2.24) is 0 Å². The van der Waals surface area contributed by atoms with Crippen LogP contribution in [0.2, 0.25) is 0 Å². The predicted octanol–water partition coefficient (Wildman–Crippen LogP) is 1.84. The fourth-order valence-electron chi connectivity index (χ4n) is 4.61. The van der Waals surface area contributed by atoms with E-state index in [2.05, 4.69) is 0 Å². The van der Waals surface area contributed by atoms with Gasteiger partial charge in [0.15, 0.2) is 0 Å². The minimum Gasteiger partial charge on any atom is -0.443 e. The molecule has 108 valence electrons. The summed E-state index contributed by atoms with van der Waals surface area (Å²) < 4.78 is 35.7. The van der Waals surface area contributed by atoms with Crippen molar-refractivity contribution in [2.75, 3.05) is 0 Å². The van der Waals surface area contributed by atoms with Crippen molar-refractivity contribution in [3.8, 4) is 0 Å². The lowest BCUT2D eigenvalue weighted by atomic mass is 9.52. The summed E-state index contributed by atoms with van der Waals surface area (Å²) in [5, 5.41) is 0. The zero-order chi connectivity index (χ0) is 13.8. The number of carbonyl (C=O) groups excluding carboxylic acids is 1. The number of rotatable bonds is 3. The first-order chi connectivity index (χ1) is 8.84. The molecule has 1 N–H and O–H groups in total. The molecule has 0 aromatic carbocycles. The van der Waals surface area contributed by atoms with Crippen LogP contribution in [-0.2, 0) is 19.6 Å². The number of carbonyl (C=O) groups is 1. The van der Waals surface area contributed by atoms with Crippen LogP contribution >= 0.6 is 0 Å². The van der Waals surface area contributed by atoms with E-state index in [0.29, 0.717) is 11.8 Å². The van der Waals surface area contributed by atoms with Crippen LogP contribution in [0, 0.1) is 29.6 Å². The minimum atomic E-state index is -4.31. The van der Waals surface area contributed by atoms with Crippen LogP contribution in [0.15, 0.2) is 0 Å². The molecule has 0 saturated heterocycles. The van der Waals surface area contributed by atoms with Gasteiger partial charge in [0.1, 0.15) is 0 Å². The van der Waals surface area contributed by atoms with E-state index >= 15 is 0 Å². The second-order valence-corrected chi connectivity index (χ2v) is 8.17. The quantitative estimate of drug-likeness (QED) is 0.633. The lowest BCUT2D eigenvalue weighted by Crippen LogP contribution is -2.49. The van der Waals surface area contributed by atoms with Crippen LogP contribution in [-0.4, -0.2) is 24.4 Å². The maximum Gasteiger partial charge on any atom is 0.310 e. The largest absolute Gasteiger partial charge is 0.443 e. The van der Waals surface area contributed by atoms with E-state index in [-0.39, 0.29) is 5.92 Å². The summed E-state index contributed by atoms with van der Waals surface area (Å²) in [6.07, 6.45) is 5.61. The van der Waals surface area contributed by atoms with Crippen LogP contribution < -0.4 is 0 Å². The predicted molar refractivity (Wildman–Crippen MR) is 67.6 cm³/mol. The van der Waals surface area contributed by atoms with Crippen molar-refractivity contribution in [3.05, 3.63) is 0 Å². The molecule has 5 nitrogen and oxygen atoms in total. The molecule has 4 aliphatic carbocycles. The lowest BCUT2D eigenvalue weighted by molar-refractivity contribution is -0.163. The third-order valence-electron chi connectivity index (χ3n) is 5.20. The fraction of sp³-hybridized carbons (Fsp3) is 0.923. The van der Waals surface area contributed by atoms with Crippen molar-refractivity contribution >= 4 is 16.1 Å². The Kier molecular flexibility index (Phi) is 3.13. The molecule has 0 radical (unpaired) electrons. The Morgan fingerprint density at radius 1 is 1.11 bits per heavy atom. The molecule has 4 aliphatic rings. The van der Waals surface area contributed by atoms with Crippen LogP contribution in [0.5, 0.6) is 0 Å². The van der Waals surface area contributed by atoms with Gasteiger partial charge >= 0.3 is 16.1 Å². The molecule has 1 unspecified atom stereocenters. The van der Waals surface area contributed by atoms with Crippen molar-refractivity contribution < 1.29 is 22.5 Å². The first-order valence-corrected chi connectivity index (χ1v) is 8.51. The molecule has 0 aromatic heterocycles. The molecule has 6 heteroatoms. The zero-order valence-corrected chi connectivity index (χ0v) is 11.8. The highest BCUT2D eigenvalue weighted by molar-refractivity contribution is 7.86. The van der Waals surface area contributed by atoms with Crippen molar-refractivity contribution in [1.29, 1.82) is 0 Å². The summed E-state index contributed by atoms with van der Waals surface area (Å²) >= 11 is 0. The van der Waals surface area contributed by atoms with E-state index in [0.717, 1.165) is 37.5 Å². The fourth-order valence-corrected chi connectivity index (χ4v) is 4.83. The highest BCUT2D eigenvalue weighted by Gasteiger charge is 2.51. The van der Waals surface area contributed by atoms with Crippen molar-refractivity contribution in [3.63, 3.8) is 0 Å². The molecular formula is C13H20O5S. The van der Waals surface area contributed by atoms with Gasteiger partial charge in [0.2, 0.25) is 5.44 Å². The van der Waals surface area contributed by atoms with Crippen molar-refractivity contribution in [2.24, 2.45) is 29.6 Å². The standard InChI is InChI=1S/C13H20O5S/c1-7(19(15,16)17)18-13(14)12-10-3-8-2-9(5-10)6-11(12)4-8/h7-12H,2-6H2,1H3,(H,15,16,17). The van der Waals surface area contributed by atoms with Gasteiger partial charge in [0, 0.05) is 0 Å². The van der Waals surface area contributed by atoms with Gasteiger partial charge in [-0.1, -0.05) is 0 Å². The number of hydrogen-bond donors (Lipinski definition) is 1. The second-order valence-electron chi connectivity index (χ2n) is 6.48. The second kappa shape index (κ2) is 4.45. The molecular weight excluding hydrogens is 268 g/mol. The Hall–Kier alpha value is -0.620. The number of hydrogen-bond acceptors (Lipinski definition) is 4. The average molecular weight is 288 g/mol. The number of esters is 1. The molecule has 19 heavy (non-hydrogen) atoms.